The van der Waals surface area contributed by atoms with Crippen LogP contribution in [0.4, 0.5) is 4.79 Å². The summed E-state index contributed by atoms with van der Waals surface area (Å²) in [6.07, 6.45) is 1.83. The van der Waals surface area contributed by atoms with Gasteiger partial charge >= 0.3 is 12.0 Å². The topological polar surface area (TPSA) is 69.6 Å². The van der Waals surface area contributed by atoms with E-state index < -0.39 is 5.97 Å². The molecule has 100 valence electrons. The van der Waals surface area contributed by atoms with E-state index in [0.29, 0.717) is 0 Å². The molecule has 0 atom stereocenters. The Kier molecular flexibility index (Phi) is 5.99. The molecule has 2 amide bonds. The summed E-state index contributed by atoms with van der Waals surface area (Å²) in [6, 6.07) is -0.454. The van der Waals surface area contributed by atoms with Gasteiger partial charge in [0.1, 0.15) is 6.54 Å². The molecule has 0 fully saturated rings. The molecule has 0 aromatic heterocycles. The Hall–Kier alpha value is -1.26. The van der Waals surface area contributed by atoms with Crippen LogP contribution >= 0.6 is 0 Å². The van der Waals surface area contributed by atoms with Crippen molar-refractivity contribution in [3.05, 3.63) is 0 Å². The highest BCUT2D eigenvalue weighted by molar-refractivity contribution is 5.80. The average Bonchev–Trinajstić information content (AvgIpc) is 2.12. The molecule has 0 heterocycles. The van der Waals surface area contributed by atoms with Gasteiger partial charge in [-0.25, -0.2) is 4.79 Å². The van der Waals surface area contributed by atoms with Gasteiger partial charge < -0.3 is 15.3 Å². The fourth-order valence-electron chi connectivity index (χ4n) is 1.68. The molecule has 0 saturated heterocycles. The van der Waals surface area contributed by atoms with Gasteiger partial charge in [0.05, 0.1) is 0 Å². The van der Waals surface area contributed by atoms with Crippen LogP contribution in [0.3, 0.4) is 0 Å². The van der Waals surface area contributed by atoms with Crippen LogP contribution in [0.25, 0.3) is 0 Å². The van der Waals surface area contributed by atoms with Gasteiger partial charge in [0, 0.05) is 11.6 Å². The minimum atomic E-state index is -0.998. The molecule has 0 aliphatic heterocycles. The van der Waals surface area contributed by atoms with Crippen molar-refractivity contribution in [3.63, 3.8) is 0 Å². The molecule has 0 aromatic carbocycles. The van der Waals surface area contributed by atoms with E-state index in [4.69, 9.17) is 5.11 Å². The molecule has 17 heavy (non-hydrogen) atoms. The van der Waals surface area contributed by atoms with Crippen LogP contribution in [0, 0.1) is 0 Å². The first-order valence-electron chi connectivity index (χ1n) is 6.00. The number of hydrogen-bond donors (Lipinski definition) is 2. The summed E-state index contributed by atoms with van der Waals surface area (Å²) in [5, 5.41) is 11.6. The van der Waals surface area contributed by atoms with Gasteiger partial charge in [0.15, 0.2) is 0 Å². The molecular formula is C12H24N2O3. The van der Waals surface area contributed by atoms with Gasteiger partial charge in [-0.15, -0.1) is 0 Å². The summed E-state index contributed by atoms with van der Waals surface area (Å²) in [4.78, 5) is 24.0. The van der Waals surface area contributed by atoms with Gasteiger partial charge in [-0.2, -0.15) is 0 Å². The summed E-state index contributed by atoms with van der Waals surface area (Å²) in [7, 11) is 0. The molecule has 0 spiro atoms. The lowest BCUT2D eigenvalue weighted by molar-refractivity contribution is -0.138. The zero-order valence-electron chi connectivity index (χ0n) is 11.4. The number of carbonyl (C=O) groups excluding carboxylic acids is 1. The van der Waals surface area contributed by atoms with Crippen LogP contribution in [0.15, 0.2) is 0 Å². The van der Waals surface area contributed by atoms with Crippen molar-refractivity contribution in [1.82, 2.24) is 10.2 Å². The van der Waals surface area contributed by atoms with Crippen LogP contribution in [0.2, 0.25) is 0 Å². The van der Waals surface area contributed by atoms with Crippen LogP contribution in [-0.4, -0.2) is 40.1 Å². The quantitative estimate of drug-likeness (QED) is 0.751. The molecule has 0 radical (unpaired) electrons. The number of rotatable bonds is 6. The standard InChI is InChI=1S/C12H24N2O3/c1-6-7-12(4,5)13-11(17)14(9(2)3)8-10(15)16/h9H,6-8H2,1-5H3,(H,13,17)(H,15,16). The largest absolute Gasteiger partial charge is 0.480 e. The van der Waals surface area contributed by atoms with Crippen LogP contribution in [-0.2, 0) is 4.79 Å². The summed E-state index contributed by atoms with van der Waals surface area (Å²) in [6.45, 7) is 9.25. The van der Waals surface area contributed by atoms with Crippen molar-refractivity contribution in [3.8, 4) is 0 Å². The molecule has 0 rings (SSSR count). The van der Waals surface area contributed by atoms with E-state index in [1.807, 2.05) is 20.8 Å². The van der Waals surface area contributed by atoms with E-state index in [-0.39, 0.29) is 24.2 Å². The number of amides is 2. The van der Waals surface area contributed by atoms with Gasteiger partial charge in [0.25, 0.3) is 0 Å². The lowest BCUT2D eigenvalue weighted by Crippen LogP contribution is -2.53. The number of carboxylic acids is 1. The van der Waals surface area contributed by atoms with E-state index in [1.54, 1.807) is 13.8 Å². The second-order valence-corrected chi connectivity index (χ2v) is 5.18. The molecule has 0 aliphatic carbocycles. The third-order valence-corrected chi connectivity index (χ3v) is 2.51. The highest BCUT2D eigenvalue weighted by atomic mass is 16.4. The third-order valence-electron chi connectivity index (χ3n) is 2.51. The number of nitrogens with one attached hydrogen (secondary N) is 1. The Morgan fingerprint density at radius 1 is 1.35 bits per heavy atom. The van der Waals surface area contributed by atoms with Gasteiger partial charge in [-0.3, -0.25) is 4.79 Å². The molecule has 0 aromatic rings. The fraction of sp³-hybridized carbons (Fsp3) is 0.833. The molecule has 2 N–H and O–H groups in total. The van der Waals surface area contributed by atoms with Crippen molar-refractivity contribution in [1.29, 1.82) is 0 Å². The van der Waals surface area contributed by atoms with Gasteiger partial charge in [-0.1, -0.05) is 13.3 Å². The second-order valence-electron chi connectivity index (χ2n) is 5.18. The smallest absolute Gasteiger partial charge is 0.323 e. The molecular weight excluding hydrogens is 220 g/mol. The third kappa shape index (κ3) is 6.14. The SMILES string of the molecule is CCCC(C)(C)NC(=O)N(CC(=O)O)C(C)C. The van der Waals surface area contributed by atoms with Gasteiger partial charge in [-0.05, 0) is 34.1 Å². The Balaban J connectivity index is 4.58. The average molecular weight is 244 g/mol. The lowest BCUT2D eigenvalue weighted by atomic mass is 9.99. The maximum Gasteiger partial charge on any atom is 0.323 e. The normalized spacial score (nSPS) is 11.4. The maximum atomic E-state index is 12.0. The zero-order chi connectivity index (χ0) is 13.6. The molecule has 5 heteroatoms. The van der Waals surface area contributed by atoms with Crippen LogP contribution < -0.4 is 5.32 Å². The number of carboxylic acid groups (broad SMARTS) is 1. The van der Waals surface area contributed by atoms with Crippen molar-refractivity contribution < 1.29 is 14.7 Å². The minimum Gasteiger partial charge on any atom is -0.480 e. The second kappa shape index (κ2) is 6.47. The minimum absolute atomic E-state index is 0.136. The van der Waals surface area contributed by atoms with Gasteiger partial charge in [0.2, 0.25) is 0 Å². The van der Waals surface area contributed by atoms with Crippen molar-refractivity contribution >= 4 is 12.0 Å². The molecule has 0 unspecified atom stereocenters. The van der Waals surface area contributed by atoms with Crippen molar-refractivity contribution in [2.45, 2.75) is 59.0 Å². The van der Waals surface area contributed by atoms with E-state index >= 15 is 0 Å². The van der Waals surface area contributed by atoms with E-state index in [2.05, 4.69) is 5.32 Å². The molecule has 0 saturated carbocycles. The monoisotopic (exact) mass is 244 g/mol. The van der Waals surface area contributed by atoms with E-state index in [0.717, 1.165) is 12.8 Å². The highest BCUT2D eigenvalue weighted by Crippen LogP contribution is 2.12. The molecule has 5 nitrogen and oxygen atoms in total. The first-order chi connectivity index (χ1) is 7.69. The summed E-state index contributed by atoms with van der Waals surface area (Å²) < 4.78 is 0. The first kappa shape index (κ1) is 15.7. The highest BCUT2D eigenvalue weighted by Gasteiger charge is 2.25. The fourth-order valence-corrected chi connectivity index (χ4v) is 1.68. The number of hydrogen-bond acceptors (Lipinski definition) is 2. The summed E-state index contributed by atoms with van der Waals surface area (Å²) in [5.74, 6) is -0.998. The predicted molar refractivity (Wildman–Crippen MR) is 67.0 cm³/mol. The summed E-state index contributed by atoms with van der Waals surface area (Å²) >= 11 is 0. The predicted octanol–water partition coefficient (Wildman–Crippen LogP) is 2.07. The zero-order valence-corrected chi connectivity index (χ0v) is 11.4. The van der Waals surface area contributed by atoms with Crippen LogP contribution in [0.1, 0.15) is 47.5 Å². The van der Waals surface area contributed by atoms with Crippen molar-refractivity contribution in [2.24, 2.45) is 0 Å². The number of aliphatic carboxylic acids is 1. The number of carbonyl (C=O) groups is 2. The Labute approximate surface area is 103 Å². The lowest BCUT2D eigenvalue weighted by Gasteiger charge is -2.32. The Bertz CT molecular complexity index is 275. The Morgan fingerprint density at radius 3 is 2.24 bits per heavy atom. The maximum absolute atomic E-state index is 12.0. The first-order valence-corrected chi connectivity index (χ1v) is 6.00. The van der Waals surface area contributed by atoms with Crippen LogP contribution in [0.5, 0.6) is 0 Å². The summed E-state index contributed by atoms with van der Waals surface area (Å²) in [5.41, 5.74) is -0.308. The van der Waals surface area contributed by atoms with E-state index in [1.165, 1.54) is 4.90 Å². The Morgan fingerprint density at radius 2 is 1.88 bits per heavy atom. The molecule has 0 bridgehead atoms. The number of urea groups is 1. The van der Waals surface area contributed by atoms with E-state index in [9.17, 15) is 9.59 Å². The molecule has 0 aliphatic rings. The van der Waals surface area contributed by atoms with Crippen molar-refractivity contribution in [2.75, 3.05) is 6.54 Å². The number of nitrogens with zero attached hydrogens (tertiary/aromatic N) is 1.